The number of sulfonamides is 1. The number of para-hydroxylation sites is 1. The summed E-state index contributed by atoms with van der Waals surface area (Å²) >= 11 is 0. The fraction of sp³-hybridized carbons (Fsp3) is 0.455. The lowest BCUT2D eigenvalue weighted by molar-refractivity contribution is -0.0202. The molecular formula is C11H16N2O3S. The van der Waals surface area contributed by atoms with Crippen molar-refractivity contribution in [3.05, 3.63) is 24.3 Å². The van der Waals surface area contributed by atoms with Crippen LogP contribution in [0.25, 0.3) is 0 Å². The van der Waals surface area contributed by atoms with Crippen molar-refractivity contribution in [1.29, 1.82) is 0 Å². The normalized spacial score (nSPS) is 18.5. The van der Waals surface area contributed by atoms with E-state index < -0.39 is 15.6 Å². The predicted molar refractivity (Wildman–Crippen MR) is 65.1 cm³/mol. The van der Waals surface area contributed by atoms with Gasteiger partial charge in [0.25, 0.3) is 0 Å². The van der Waals surface area contributed by atoms with Crippen molar-refractivity contribution in [2.24, 2.45) is 5.14 Å². The van der Waals surface area contributed by atoms with Gasteiger partial charge in [-0.25, -0.2) is 13.6 Å². The topological polar surface area (TPSA) is 92.4 Å². The first-order valence-electron chi connectivity index (χ1n) is 5.49. The van der Waals surface area contributed by atoms with E-state index >= 15 is 0 Å². The van der Waals surface area contributed by atoms with Crippen LogP contribution < -0.4 is 10.5 Å². The summed E-state index contributed by atoms with van der Waals surface area (Å²) in [6.07, 6.45) is 2.50. The third-order valence-electron chi connectivity index (χ3n) is 3.09. The van der Waals surface area contributed by atoms with Crippen molar-refractivity contribution >= 4 is 15.7 Å². The first-order chi connectivity index (χ1) is 7.91. The molecule has 0 aliphatic heterocycles. The van der Waals surface area contributed by atoms with E-state index in [1.54, 1.807) is 18.2 Å². The van der Waals surface area contributed by atoms with E-state index in [1.165, 1.54) is 6.07 Å². The molecule has 6 heteroatoms. The lowest BCUT2D eigenvalue weighted by Crippen LogP contribution is -2.43. The van der Waals surface area contributed by atoms with Gasteiger partial charge < -0.3 is 10.4 Å². The predicted octanol–water partition coefficient (Wildman–Crippen LogP) is 0.661. The van der Waals surface area contributed by atoms with Gasteiger partial charge in [0.1, 0.15) is 4.90 Å². The molecule has 0 atom stereocenters. The Kier molecular flexibility index (Phi) is 3.11. The Morgan fingerprint density at radius 2 is 2.00 bits per heavy atom. The number of nitrogens with one attached hydrogen (secondary N) is 1. The highest BCUT2D eigenvalue weighted by Crippen LogP contribution is 2.32. The number of anilines is 1. The molecule has 1 aliphatic carbocycles. The van der Waals surface area contributed by atoms with Gasteiger partial charge in [-0.15, -0.1) is 0 Å². The summed E-state index contributed by atoms with van der Waals surface area (Å²) in [5, 5.41) is 18.0. The number of hydrogen-bond donors (Lipinski definition) is 3. The number of hydrogen-bond acceptors (Lipinski definition) is 4. The van der Waals surface area contributed by atoms with Gasteiger partial charge in [0.2, 0.25) is 10.0 Å². The van der Waals surface area contributed by atoms with Crippen LogP contribution in [0.2, 0.25) is 0 Å². The van der Waals surface area contributed by atoms with Crippen LogP contribution in [0.15, 0.2) is 29.2 Å². The second-order valence-corrected chi connectivity index (χ2v) is 6.00. The van der Waals surface area contributed by atoms with Crippen LogP contribution >= 0.6 is 0 Å². The molecule has 0 amide bonds. The fourth-order valence-electron chi connectivity index (χ4n) is 1.88. The standard InChI is InChI=1S/C11H16N2O3S/c12-17(15,16)10-5-2-1-4-9(10)13-8-11(14)6-3-7-11/h1-2,4-5,13-14H,3,6-8H2,(H2,12,15,16). The lowest BCUT2D eigenvalue weighted by Gasteiger charge is -2.37. The van der Waals surface area contributed by atoms with E-state index in [4.69, 9.17) is 5.14 Å². The van der Waals surface area contributed by atoms with Crippen LogP contribution in [-0.4, -0.2) is 25.7 Å². The van der Waals surface area contributed by atoms with Crippen molar-refractivity contribution in [3.8, 4) is 0 Å². The molecule has 1 aromatic carbocycles. The molecule has 0 spiro atoms. The monoisotopic (exact) mass is 256 g/mol. The number of aliphatic hydroxyl groups is 1. The third kappa shape index (κ3) is 2.77. The Hall–Kier alpha value is -1.11. The van der Waals surface area contributed by atoms with Crippen LogP contribution in [0.1, 0.15) is 19.3 Å². The first-order valence-corrected chi connectivity index (χ1v) is 7.03. The Morgan fingerprint density at radius 1 is 1.35 bits per heavy atom. The molecule has 4 N–H and O–H groups in total. The Labute approximate surface area is 101 Å². The molecule has 0 unspecified atom stereocenters. The second kappa shape index (κ2) is 4.29. The molecule has 1 aliphatic rings. The molecule has 17 heavy (non-hydrogen) atoms. The number of primary sulfonamides is 1. The average molecular weight is 256 g/mol. The average Bonchev–Trinajstić information content (AvgIpc) is 2.23. The number of rotatable bonds is 4. The van der Waals surface area contributed by atoms with Crippen molar-refractivity contribution in [1.82, 2.24) is 0 Å². The van der Waals surface area contributed by atoms with Gasteiger partial charge in [-0.1, -0.05) is 12.1 Å². The van der Waals surface area contributed by atoms with Gasteiger partial charge in [-0.05, 0) is 31.4 Å². The first kappa shape index (κ1) is 12.3. The van der Waals surface area contributed by atoms with Gasteiger partial charge in [0, 0.05) is 6.54 Å². The maximum Gasteiger partial charge on any atom is 0.240 e. The van der Waals surface area contributed by atoms with Gasteiger partial charge in [0.15, 0.2) is 0 Å². The molecule has 0 heterocycles. The summed E-state index contributed by atoms with van der Waals surface area (Å²) in [4.78, 5) is 0.0583. The number of benzene rings is 1. The Morgan fingerprint density at radius 3 is 2.53 bits per heavy atom. The van der Waals surface area contributed by atoms with Crippen molar-refractivity contribution < 1.29 is 13.5 Å². The summed E-state index contributed by atoms with van der Waals surface area (Å²) in [6.45, 7) is 0.347. The zero-order valence-electron chi connectivity index (χ0n) is 9.39. The van der Waals surface area contributed by atoms with E-state index in [9.17, 15) is 13.5 Å². The molecule has 1 fully saturated rings. The molecule has 5 nitrogen and oxygen atoms in total. The molecule has 1 aromatic rings. The van der Waals surface area contributed by atoms with E-state index in [0.29, 0.717) is 12.2 Å². The Balaban J connectivity index is 2.16. The molecule has 0 saturated heterocycles. The van der Waals surface area contributed by atoms with E-state index in [2.05, 4.69) is 5.32 Å². The highest BCUT2D eigenvalue weighted by molar-refractivity contribution is 7.89. The summed E-state index contributed by atoms with van der Waals surface area (Å²) in [5.41, 5.74) is -0.263. The van der Waals surface area contributed by atoms with Gasteiger partial charge >= 0.3 is 0 Å². The summed E-state index contributed by atoms with van der Waals surface area (Å²) in [5.74, 6) is 0. The van der Waals surface area contributed by atoms with Crippen LogP contribution in [0.4, 0.5) is 5.69 Å². The fourth-order valence-corrected chi connectivity index (χ4v) is 2.60. The minimum atomic E-state index is -3.73. The van der Waals surface area contributed by atoms with Gasteiger partial charge in [-0.3, -0.25) is 0 Å². The molecular weight excluding hydrogens is 240 g/mol. The van der Waals surface area contributed by atoms with Crippen molar-refractivity contribution in [2.45, 2.75) is 29.8 Å². The summed E-state index contributed by atoms with van der Waals surface area (Å²) in [7, 11) is -3.73. The minimum absolute atomic E-state index is 0.0583. The van der Waals surface area contributed by atoms with E-state index in [1.807, 2.05) is 0 Å². The molecule has 2 rings (SSSR count). The second-order valence-electron chi connectivity index (χ2n) is 4.47. The smallest absolute Gasteiger partial charge is 0.240 e. The minimum Gasteiger partial charge on any atom is -0.388 e. The van der Waals surface area contributed by atoms with E-state index in [-0.39, 0.29) is 4.90 Å². The van der Waals surface area contributed by atoms with E-state index in [0.717, 1.165) is 19.3 Å². The van der Waals surface area contributed by atoms with Crippen LogP contribution in [0.5, 0.6) is 0 Å². The van der Waals surface area contributed by atoms with Crippen LogP contribution in [-0.2, 0) is 10.0 Å². The highest BCUT2D eigenvalue weighted by Gasteiger charge is 2.34. The Bertz CT molecular complexity index is 509. The molecule has 94 valence electrons. The maximum atomic E-state index is 11.3. The maximum absolute atomic E-state index is 11.3. The molecule has 0 radical (unpaired) electrons. The largest absolute Gasteiger partial charge is 0.388 e. The van der Waals surface area contributed by atoms with Crippen molar-refractivity contribution in [3.63, 3.8) is 0 Å². The number of nitrogens with two attached hydrogens (primary N) is 1. The van der Waals surface area contributed by atoms with Crippen LogP contribution in [0.3, 0.4) is 0 Å². The zero-order chi connectivity index (χ0) is 12.5. The molecule has 0 aromatic heterocycles. The van der Waals surface area contributed by atoms with Gasteiger partial charge in [-0.2, -0.15) is 0 Å². The quantitative estimate of drug-likeness (QED) is 0.738. The molecule has 1 saturated carbocycles. The zero-order valence-corrected chi connectivity index (χ0v) is 10.2. The highest BCUT2D eigenvalue weighted by atomic mass is 32.2. The summed E-state index contributed by atoms with van der Waals surface area (Å²) in [6, 6.07) is 6.43. The van der Waals surface area contributed by atoms with Crippen LogP contribution in [0, 0.1) is 0 Å². The summed E-state index contributed by atoms with van der Waals surface area (Å²) < 4.78 is 22.7. The third-order valence-corrected chi connectivity index (χ3v) is 4.05. The SMILES string of the molecule is NS(=O)(=O)c1ccccc1NCC1(O)CCC1. The van der Waals surface area contributed by atoms with Gasteiger partial charge in [0.05, 0.1) is 11.3 Å². The van der Waals surface area contributed by atoms with Crippen molar-refractivity contribution in [2.75, 3.05) is 11.9 Å². The molecule has 0 bridgehead atoms. The lowest BCUT2D eigenvalue weighted by atomic mass is 9.80.